The number of carbonyl (C=O) groups is 2. The van der Waals surface area contributed by atoms with Crippen LogP contribution in [0.4, 0.5) is 8.78 Å². The van der Waals surface area contributed by atoms with Gasteiger partial charge in [-0.15, -0.1) is 0 Å². The van der Waals surface area contributed by atoms with Gasteiger partial charge in [0.25, 0.3) is 5.91 Å². The zero-order valence-electron chi connectivity index (χ0n) is 15.1. The summed E-state index contributed by atoms with van der Waals surface area (Å²) in [6, 6.07) is 9.72. The van der Waals surface area contributed by atoms with Crippen LogP contribution in [-0.2, 0) is 4.79 Å². The van der Waals surface area contributed by atoms with Crippen molar-refractivity contribution in [3.63, 3.8) is 0 Å². The number of nitrogens with zero attached hydrogens (tertiary/aromatic N) is 1. The summed E-state index contributed by atoms with van der Waals surface area (Å²) in [6.45, 7) is 2.09. The number of hydrogen-bond donors (Lipinski definition) is 1. The van der Waals surface area contributed by atoms with Gasteiger partial charge in [0.15, 0.2) is 11.6 Å². The van der Waals surface area contributed by atoms with Gasteiger partial charge >= 0.3 is 0 Å². The van der Waals surface area contributed by atoms with Gasteiger partial charge in [0.1, 0.15) is 0 Å². The summed E-state index contributed by atoms with van der Waals surface area (Å²) in [4.78, 5) is 25.7. The van der Waals surface area contributed by atoms with Crippen molar-refractivity contribution in [1.29, 1.82) is 0 Å². The molecule has 144 valence electrons. The van der Waals surface area contributed by atoms with Gasteiger partial charge in [0, 0.05) is 30.6 Å². The highest BCUT2D eigenvalue weighted by molar-refractivity contribution is 6.30. The average Bonchev–Trinajstić information content (AvgIpc) is 2.66. The van der Waals surface area contributed by atoms with Gasteiger partial charge in [-0.3, -0.25) is 9.59 Å². The lowest BCUT2D eigenvalue weighted by Gasteiger charge is -2.25. The lowest BCUT2D eigenvalue weighted by atomic mass is 10.1. The molecule has 2 aromatic carbocycles. The predicted molar refractivity (Wildman–Crippen MR) is 101 cm³/mol. The smallest absolute Gasteiger partial charge is 0.251 e. The molecular formula is C20H21ClF2N2O2. The van der Waals surface area contributed by atoms with Gasteiger partial charge < -0.3 is 10.2 Å². The van der Waals surface area contributed by atoms with E-state index in [1.165, 1.54) is 11.0 Å². The number of nitrogens with one attached hydrogen (secondary N) is 1. The van der Waals surface area contributed by atoms with Crippen LogP contribution in [0.25, 0.3) is 0 Å². The monoisotopic (exact) mass is 394 g/mol. The number of rotatable bonds is 7. The first-order valence-electron chi connectivity index (χ1n) is 8.54. The number of amides is 2. The molecular weight excluding hydrogens is 374 g/mol. The molecule has 0 unspecified atom stereocenters. The second-order valence-electron chi connectivity index (χ2n) is 6.22. The molecule has 0 saturated carbocycles. The van der Waals surface area contributed by atoms with Crippen LogP contribution < -0.4 is 5.32 Å². The maximum Gasteiger partial charge on any atom is 0.251 e. The molecule has 1 atom stereocenters. The zero-order chi connectivity index (χ0) is 20.0. The normalized spacial score (nSPS) is 11.7. The lowest BCUT2D eigenvalue weighted by molar-refractivity contribution is -0.131. The summed E-state index contributed by atoms with van der Waals surface area (Å²) in [5.41, 5.74) is 1.01. The standard InChI is InChI=1S/C20H21ClF2N2O2/c1-13(15-7-10-17(22)18(23)12-15)25(2)19(26)4-3-11-24-20(27)14-5-8-16(21)9-6-14/h5-10,12-13H,3-4,11H2,1-2H3,(H,24,27)/t13-/m1/s1. The Balaban J connectivity index is 1.79. The minimum Gasteiger partial charge on any atom is -0.352 e. The van der Waals surface area contributed by atoms with E-state index in [-0.39, 0.29) is 18.2 Å². The highest BCUT2D eigenvalue weighted by atomic mass is 35.5. The van der Waals surface area contributed by atoms with E-state index in [0.717, 1.165) is 12.1 Å². The van der Waals surface area contributed by atoms with Crippen molar-refractivity contribution in [2.45, 2.75) is 25.8 Å². The van der Waals surface area contributed by atoms with E-state index in [4.69, 9.17) is 11.6 Å². The quantitative estimate of drug-likeness (QED) is 0.710. The summed E-state index contributed by atoms with van der Waals surface area (Å²) < 4.78 is 26.4. The second-order valence-corrected chi connectivity index (χ2v) is 6.66. The van der Waals surface area contributed by atoms with E-state index >= 15 is 0 Å². The van der Waals surface area contributed by atoms with E-state index in [1.807, 2.05) is 0 Å². The molecule has 0 aliphatic rings. The third kappa shape index (κ3) is 5.76. The fourth-order valence-corrected chi connectivity index (χ4v) is 2.66. The summed E-state index contributed by atoms with van der Waals surface area (Å²) >= 11 is 5.78. The highest BCUT2D eigenvalue weighted by Crippen LogP contribution is 2.21. The van der Waals surface area contributed by atoms with Crippen molar-refractivity contribution in [2.75, 3.05) is 13.6 Å². The first kappa shape index (κ1) is 20.8. The average molecular weight is 395 g/mol. The van der Waals surface area contributed by atoms with Gasteiger partial charge in [-0.1, -0.05) is 17.7 Å². The molecule has 4 nitrogen and oxygen atoms in total. The molecule has 0 fully saturated rings. The molecule has 0 spiro atoms. The van der Waals surface area contributed by atoms with Gasteiger partial charge in [0.05, 0.1) is 6.04 Å². The van der Waals surface area contributed by atoms with E-state index in [0.29, 0.717) is 29.1 Å². The van der Waals surface area contributed by atoms with Crippen molar-refractivity contribution in [1.82, 2.24) is 10.2 Å². The summed E-state index contributed by atoms with van der Waals surface area (Å²) in [7, 11) is 1.61. The Kier molecular flexibility index (Phi) is 7.30. The Morgan fingerprint density at radius 2 is 1.78 bits per heavy atom. The lowest BCUT2D eigenvalue weighted by Crippen LogP contribution is -2.31. The first-order valence-corrected chi connectivity index (χ1v) is 8.91. The van der Waals surface area contributed by atoms with E-state index < -0.39 is 17.7 Å². The van der Waals surface area contributed by atoms with Crippen molar-refractivity contribution < 1.29 is 18.4 Å². The van der Waals surface area contributed by atoms with Crippen LogP contribution in [0.1, 0.15) is 41.7 Å². The molecule has 0 bridgehead atoms. The SMILES string of the molecule is C[C@H](c1ccc(F)c(F)c1)N(C)C(=O)CCCNC(=O)c1ccc(Cl)cc1. The Hall–Kier alpha value is -2.47. The van der Waals surface area contributed by atoms with Gasteiger partial charge in [0.2, 0.25) is 5.91 Å². The maximum absolute atomic E-state index is 13.4. The molecule has 27 heavy (non-hydrogen) atoms. The zero-order valence-corrected chi connectivity index (χ0v) is 15.9. The van der Waals surface area contributed by atoms with Crippen LogP contribution in [0.2, 0.25) is 5.02 Å². The van der Waals surface area contributed by atoms with Crippen molar-refractivity contribution in [3.05, 3.63) is 70.2 Å². The molecule has 0 heterocycles. The Morgan fingerprint density at radius 3 is 2.41 bits per heavy atom. The Labute approximate surface area is 162 Å². The van der Waals surface area contributed by atoms with Gasteiger partial charge in [-0.2, -0.15) is 0 Å². The van der Waals surface area contributed by atoms with E-state index in [2.05, 4.69) is 5.32 Å². The summed E-state index contributed by atoms with van der Waals surface area (Å²) in [5.74, 6) is -2.24. The number of halogens is 3. The molecule has 0 radical (unpaired) electrons. The molecule has 0 saturated heterocycles. The molecule has 2 aromatic rings. The molecule has 0 aromatic heterocycles. The largest absolute Gasteiger partial charge is 0.352 e. The Bertz CT molecular complexity index is 812. The third-order valence-electron chi connectivity index (χ3n) is 4.36. The molecule has 2 amide bonds. The van der Waals surface area contributed by atoms with Crippen LogP contribution in [0.3, 0.4) is 0 Å². The second kappa shape index (κ2) is 9.46. The fourth-order valence-electron chi connectivity index (χ4n) is 2.53. The highest BCUT2D eigenvalue weighted by Gasteiger charge is 2.18. The third-order valence-corrected chi connectivity index (χ3v) is 4.61. The number of carbonyl (C=O) groups excluding carboxylic acids is 2. The van der Waals surface area contributed by atoms with Crippen LogP contribution in [0.15, 0.2) is 42.5 Å². The fraction of sp³-hybridized carbons (Fsp3) is 0.300. The number of benzene rings is 2. The summed E-state index contributed by atoms with van der Waals surface area (Å²) in [5, 5.41) is 3.29. The Morgan fingerprint density at radius 1 is 1.11 bits per heavy atom. The van der Waals surface area contributed by atoms with Crippen molar-refractivity contribution in [3.8, 4) is 0 Å². The topological polar surface area (TPSA) is 49.4 Å². The molecule has 1 N–H and O–H groups in total. The van der Waals surface area contributed by atoms with Gasteiger partial charge in [-0.25, -0.2) is 8.78 Å². The van der Waals surface area contributed by atoms with E-state index in [1.54, 1.807) is 38.2 Å². The number of hydrogen-bond acceptors (Lipinski definition) is 2. The molecule has 2 rings (SSSR count). The van der Waals surface area contributed by atoms with Gasteiger partial charge in [-0.05, 0) is 55.3 Å². The van der Waals surface area contributed by atoms with Crippen LogP contribution >= 0.6 is 11.6 Å². The molecule has 0 aliphatic carbocycles. The van der Waals surface area contributed by atoms with E-state index in [9.17, 15) is 18.4 Å². The summed E-state index contributed by atoms with van der Waals surface area (Å²) in [6.07, 6.45) is 0.693. The predicted octanol–water partition coefficient (Wildman–Crippen LogP) is 4.35. The van der Waals surface area contributed by atoms with Crippen molar-refractivity contribution in [2.24, 2.45) is 0 Å². The van der Waals surface area contributed by atoms with Crippen LogP contribution in [0, 0.1) is 11.6 Å². The maximum atomic E-state index is 13.4. The van der Waals surface area contributed by atoms with Crippen LogP contribution in [0.5, 0.6) is 0 Å². The van der Waals surface area contributed by atoms with Crippen molar-refractivity contribution >= 4 is 23.4 Å². The molecule has 0 aliphatic heterocycles. The first-order chi connectivity index (χ1) is 12.8. The van der Waals surface area contributed by atoms with Crippen LogP contribution in [-0.4, -0.2) is 30.3 Å². The molecule has 7 heteroatoms. The minimum atomic E-state index is -0.940. The minimum absolute atomic E-state index is 0.145.